The van der Waals surface area contributed by atoms with Crippen molar-refractivity contribution in [3.63, 3.8) is 0 Å². The second-order valence-electron chi connectivity index (χ2n) is 11.4. The molecule has 0 spiro atoms. The molecule has 0 aromatic carbocycles. The SMILES string of the molecule is COC(=O)[C@H](OC(C)=O)[C@H]1CC[C@H]2[C@@H]3CC[C@@H]4C[C@H](OC(C)=O)CC[C@]4(C)[C@H]3C(=O)C[C@]12C. The van der Waals surface area contributed by atoms with Crippen LogP contribution in [0.5, 0.6) is 0 Å². The fourth-order valence-electron chi connectivity index (χ4n) is 8.50. The van der Waals surface area contributed by atoms with Crippen LogP contribution in [-0.2, 0) is 33.4 Å². The highest BCUT2D eigenvalue weighted by molar-refractivity contribution is 5.85. The molecule has 0 aromatic rings. The lowest BCUT2D eigenvalue weighted by Crippen LogP contribution is -2.58. The highest BCUT2D eigenvalue weighted by atomic mass is 16.6. The minimum Gasteiger partial charge on any atom is -0.466 e. The first-order chi connectivity index (χ1) is 15.5. The number of esters is 3. The fourth-order valence-corrected chi connectivity index (χ4v) is 8.50. The van der Waals surface area contributed by atoms with E-state index >= 15 is 0 Å². The first-order valence-electron chi connectivity index (χ1n) is 12.5. The lowest BCUT2D eigenvalue weighted by atomic mass is 9.44. The van der Waals surface area contributed by atoms with E-state index in [1.807, 2.05) is 0 Å². The van der Waals surface area contributed by atoms with Crippen molar-refractivity contribution < 1.29 is 33.4 Å². The number of hydrogen-bond acceptors (Lipinski definition) is 7. The maximum absolute atomic E-state index is 13.8. The molecule has 9 atom stereocenters. The normalized spacial score (nSPS) is 42.9. The van der Waals surface area contributed by atoms with Crippen LogP contribution in [0.25, 0.3) is 0 Å². The molecule has 4 aliphatic carbocycles. The molecule has 4 fully saturated rings. The van der Waals surface area contributed by atoms with E-state index in [4.69, 9.17) is 14.2 Å². The fraction of sp³-hybridized carbons (Fsp3) is 0.846. The topological polar surface area (TPSA) is 96.0 Å². The van der Waals surface area contributed by atoms with Crippen LogP contribution in [0.4, 0.5) is 0 Å². The number of methoxy groups -OCH3 is 1. The smallest absolute Gasteiger partial charge is 0.347 e. The second kappa shape index (κ2) is 8.70. The Bertz CT molecular complexity index is 836. The summed E-state index contributed by atoms with van der Waals surface area (Å²) in [4.78, 5) is 49.6. The Morgan fingerprint density at radius 3 is 2.33 bits per heavy atom. The minimum absolute atomic E-state index is 0.0108. The van der Waals surface area contributed by atoms with Gasteiger partial charge >= 0.3 is 17.9 Å². The molecule has 4 rings (SSSR count). The number of fused-ring (bicyclic) bond motifs is 5. The van der Waals surface area contributed by atoms with Gasteiger partial charge in [0.2, 0.25) is 6.10 Å². The van der Waals surface area contributed by atoms with Crippen LogP contribution in [-0.4, -0.2) is 43.0 Å². The number of ether oxygens (including phenoxy) is 3. The van der Waals surface area contributed by atoms with Gasteiger partial charge in [-0.3, -0.25) is 14.4 Å². The average molecular weight is 463 g/mol. The molecule has 0 aliphatic heterocycles. The van der Waals surface area contributed by atoms with Crippen LogP contribution in [0, 0.1) is 40.4 Å². The third-order valence-electron chi connectivity index (χ3n) is 9.80. The van der Waals surface area contributed by atoms with Crippen LogP contribution in [0.3, 0.4) is 0 Å². The summed E-state index contributed by atoms with van der Waals surface area (Å²) in [5.41, 5.74) is -0.460. The Morgan fingerprint density at radius 1 is 0.970 bits per heavy atom. The zero-order chi connectivity index (χ0) is 24.1. The van der Waals surface area contributed by atoms with Gasteiger partial charge in [0.25, 0.3) is 0 Å². The van der Waals surface area contributed by atoms with Crippen LogP contribution >= 0.6 is 0 Å². The van der Waals surface area contributed by atoms with Crippen LogP contribution in [0.15, 0.2) is 0 Å². The third-order valence-corrected chi connectivity index (χ3v) is 9.80. The molecular formula is C26H38O7. The molecule has 184 valence electrons. The van der Waals surface area contributed by atoms with Gasteiger partial charge in [-0.1, -0.05) is 13.8 Å². The maximum atomic E-state index is 13.8. The van der Waals surface area contributed by atoms with Gasteiger partial charge in [-0.05, 0) is 73.5 Å². The molecule has 33 heavy (non-hydrogen) atoms. The van der Waals surface area contributed by atoms with E-state index < -0.39 is 18.0 Å². The zero-order valence-electron chi connectivity index (χ0n) is 20.6. The van der Waals surface area contributed by atoms with Gasteiger partial charge < -0.3 is 14.2 Å². The van der Waals surface area contributed by atoms with Gasteiger partial charge in [0.05, 0.1) is 7.11 Å². The highest BCUT2D eigenvalue weighted by Gasteiger charge is 2.65. The van der Waals surface area contributed by atoms with Crippen molar-refractivity contribution in [2.75, 3.05) is 7.11 Å². The molecule has 7 heteroatoms. The standard InChI is InChI=1S/C26H38O7/c1-14(27)32-17-10-11-25(3)16(12-17)6-7-18-19-8-9-20(23(24(30)31-5)33-15(2)28)26(19,4)13-21(29)22(18)25/h16-20,22-23H,6-13H2,1-5H3/t16-,17-,18+,19+,20-,22-,23-,25+,26+/m1/s1. The van der Waals surface area contributed by atoms with Crippen LogP contribution in [0.2, 0.25) is 0 Å². The van der Waals surface area contributed by atoms with Crippen molar-refractivity contribution in [2.24, 2.45) is 40.4 Å². The Labute approximate surface area is 196 Å². The molecule has 4 saturated carbocycles. The summed E-state index contributed by atoms with van der Waals surface area (Å²) < 4.78 is 16.0. The Morgan fingerprint density at radius 2 is 1.70 bits per heavy atom. The van der Waals surface area contributed by atoms with Crippen LogP contribution in [0.1, 0.15) is 79.1 Å². The van der Waals surface area contributed by atoms with Crippen LogP contribution < -0.4 is 0 Å². The molecule has 7 nitrogen and oxygen atoms in total. The lowest BCUT2D eigenvalue weighted by Gasteiger charge is -2.60. The predicted octanol–water partition coefficient (Wildman–Crippen LogP) is 3.86. The Kier molecular flexibility index (Phi) is 6.38. The summed E-state index contributed by atoms with van der Waals surface area (Å²) in [6.45, 7) is 7.17. The summed E-state index contributed by atoms with van der Waals surface area (Å²) in [6, 6.07) is 0. The molecule has 0 bridgehead atoms. The number of ketones is 1. The second-order valence-corrected chi connectivity index (χ2v) is 11.4. The van der Waals surface area contributed by atoms with E-state index in [9.17, 15) is 19.2 Å². The molecule has 0 amide bonds. The van der Waals surface area contributed by atoms with Crippen molar-refractivity contribution in [3.05, 3.63) is 0 Å². The minimum atomic E-state index is -0.960. The highest BCUT2D eigenvalue weighted by Crippen LogP contribution is 2.67. The van der Waals surface area contributed by atoms with Crippen molar-refractivity contribution in [1.82, 2.24) is 0 Å². The number of Topliss-reactive ketones (excluding diaryl/α,β-unsaturated/α-hetero) is 1. The Balaban J connectivity index is 1.59. The average Bonchev–Trinajstić information content (AvgIpc) is 3.07. The van der Waals surface area contributed by atoms with Gasteiger partial charge in [-0.2, -0.15) is 0 Å². The number of carbonyl (C=O) groups is 4. The van der Waals surface area contributed by atoms with E-state index in [2.05, 4.69) is 13.8 Å². The first-order valence-corrected chi connectivity index (χ1v) is 12.5. The lowest BCUT2D eigenvalue weighted by molar-refractivity contribution is -0.180. The zero-order valence-corrected chi connectivity index (χ0v) is 20.6. The molecule has 0 heterocycles. The monoisotopic (exact) mass is 462 g/mol. The summed E-state index contributed by atoms with van der Waals surface area (Å²) in [5.74, 6) is -0.208. The van der Waals surface area contributed by atoms with Gasteiger partial charge in [0.15, 0.2) is 0 Å². The van der Waals surface area contributed by atoms with Crippen molar-refractivity contribution >= 4 is 23.7 Å². The molecule has 0 radical (unpaired) electrons. The Hall–Kier alpha value is -1.92. The largest absolute Gasteiger partial charge is 0.466 e. The predicted molar refractivity (Wildman–Crippen MR) is 119 cm³/mol. The summed E-state index contributed by atoms with van der Waals surface area (Å²) in [7, 11) is 1.31. The molecule has 0 saturated heterocycles. The third kappa shape index (κ3) is 3.99. The van der Waals surface area contributed by atoms with Gasteiger partial charge in [-0.25, -0.2) is 4.79 Å². The van der Waals surface area contributed by atoms with Crippen molar-refractivity contribution in [1.29, 1.82) is 0 Å². The quantitative estimate of drug-likeness (QED) is 0.462. The van der Waals surface area contributed by atoms with E-state index in [1.165, 1.54) is 21.0 Å². The van der Waals surface area contributed by atoms with Gasteiger partial charge in [0, 0.05) is 32.1 Å². The van der Waals surface area contributed by atoms with E-state index in [1.54, 1.807) is 0 Å². The summed E-state index contributed by atoms with van der Waals surface area (Å²) in [6.07, 6.45) is 5.65. The summed E-state index contributed by atoms with van der Waals surface area (Å²) >= 11 is 0. The maximum Gasteiger partial charge on any atom is 0.347 e. The molecule has 4 aliphatic rings. The molecular weight excluding hydrogens is 424 g/mol. The number of rotatable bonds is 4. The van der Waals surface area contributed by atoms with Gasteiger partial charge in [0.1, 0.15) is 11.9 Å². The molecule has 0 unspecified atom stereocenters. The first kappa shape index (κ1) is 24.2. The number of hydrogen-bond donors (Lipinski definition) is 0. The number of carbonyl (C=O) groups excluding carboxylic acids is 4. The van der Waals surface area contributed by atoms with Crippen molar-refractivity contribution in [2.45, 2.75) is 91.3 Å². The van der Waals surface area contributed by atoms with E-state index in [0.29, 0.717) is 18.3 Å². The summed E-state index contributed by atoms with van der Waals surface area (Å²) in [5, 5.41) is 0. The molecule has 0 N–H and O–H groups in total. The van der Waals surface area contributed by atoms with E-state index in [-0.39, 0.29) is 46.4 Å². The van der Waals surface area contributed by atoms with Crippen molar-refractivity contribution in [3.8, 4) is 0 Å². The van der Waals surface area contributed by atoms with E-state index in [0.717, 1.165) is 44.9 Å². The van der Waals surface area contributed by atoms with Gasteiger partial charge in [-0.15, -0.1) is 0 Å². The molecule has 0 aromatic heterocycles.